The number of fused-ring (bicyclic) bond motifs is 1. The molecule has 0 saturated carbocycles. The van der Waals surface area contributed by atoms with Crippen LogP contribution in [0.1, 0.15) is 71.6 Å². The molecular weight excluding hydrogens is 387 g/mol. The number of ether oxygens (including phenoxy) is 2. The number of benzene rings is 1. The number of rotatable bonds is 1. The molecule has 1 heterocycles. The molecule has 0 radical (unpaired) electrons. The third kappa shape index (κ3) is 5.05. The SMILES string of the molecule is CC(C)(C)OC(=O)N[C@@H]1c2cc(F)ccc2CC12CCN(C(=O)OC(C)(C)C)CC2. The predicted octanol–water partition coefficient (Wildman–Crippen LogP) is 4.96. The molecule has 1 spiro atoms. The molecule has 1 N–H and O–H groups in total. The molecule has 1 aliphatic heterocycles. The maximum absolute atomic E-state index is 14.0. The Morgan fingerprint density at radius 3 is 2.23 bits per heavy atom. The quantitative estimate of drug-likeness (QED) is 0.697. The van der Waals surface area contributed by atoms with Gasteiger partial charge in [-0.1, -0.05) is 6.07 Å². The number of carbonyl (C=O) groups is 2. The molecule has 1 fully saturated rings. The summed E-state index contributed by atoms with van der Waals surface area (Å²) in [4.78, 5) is 26.7. The number of hydrogen-bond donors (Lipinski definition) is 1. The first kappa shape index (κ1) is 22.4. The summed E-state index contributed by atoms with van der Waals surface area (Å²) in [5, 5.41) is 3.00. The smallest absolute Gasteiger partial charge is 0.410 e. The topological polar surface area (TPSA) is 67.9 Å². The summed E-state index contributed by atoms with van der Waals surface area (Å²) in [5.74, 6) is -0.326. The predicted molar refractivity (Wildman–Crippen MR) is 112 cm³/mol. The molecule has 2 amide bonds. The largest absolute Gasteiger partial charge is 0.444 e. The number of carbonyl (C=O) groups excluding carboxylic acids is 2. The summed E-state index contributed by atoms with van der Waals surface area (Å²) >= 11 is 0. The molecule has 0 bridgehead atoms. The van der Waals surface area contributed by atoms with Gasteiger partial charge in [-0.3, -0.25) is 0 Å². The highest BCUT2D eigenvalue weighted by atomic mass is 19.1. The first-order chi connectivity index (χ1) is 13.8. The van der Waals surface area contributed by atoms with Crippen LogP contribution >= 0.6 is 0 Å². The van der Waals surface area contributed by atoms with E-state index in [-0.39, 0.29) is 23.4 Å². The van der Waals surface area contributed by atoms with E-state index >= 15 is 0 Å². The Labute approximate surface area is 178 Å². The van der Waals surface area contributed by atoms with Crippen molar-refractivity contribution in [1.82, 2.24) is 10.2 Å². The molecule has 2 aliphatic rings. The molecule has 1 aromatic carbocycles. The summed E-state index contributed by atoms with van der Waals surface area (Å²) in [7, 11) is 0. The van der Waals surface area contributed by atoms with Crippen LogP contribution < -0.4 is 5.32 Å². The summed E-state index contributed by atoms with van der Waals surface area (Å²) in [5.41, 5.74) is 0.371. The monoisotopic (exact) mass is 420 g/mol. The van der Waals surface area contributed by atoms with Crippen molar-refractivity contribution in [3.05, 3.63) is 35.1 Å². The number of halogens is 1. The van der Waals surface area contributed by atoms with Crippen molar-refractivity contribution in [2.45, 2.75) is 78.0 Å². The molecule has 1 aromatic rings. The van der Waals surface area contributed by atoms with Crippen molar-refractivity contribution in [2.24, 2.45) is 5.41 Å². The summed E-state index contributed by atoms with van der Waals surface area (Å²) in [6, 6.07) is 4.40. The zero-order chi connectivity index (χ0) is 22.3. The number of amides is 2. The van der Waals surface area contributed by atoms with Gasteiger partial charge in [-0.2, -0.15) is 0 Å². The van der Waals surface area contributed by atoms with Gasteiger partial charge in [0, 0.05) is 18.5 Å². The van der Waals surface area contributed by atoms with Crippen molar-refractivity contribution in [2.75, 3.05) is 13.1 Å². The average molecular weight is 421 g/mol. The number of alkyl carbamates (subject to hydrolysis) is 1. The van der Waals surface area contributed by atoms with Crippen molar-refractivity contribution >= 4 is 12.2 Å². The third-order valence-electron chi connectivity index (χ3n) is 5.65. The second-order valence-electron chi connectivity index (χ2n) is 10.4. The fourth-order valence-electron chi connectivity index (χ4n) is 4.39. The molecule has 0 unspecified atom stereocenters. The minimum absolute atomic E-state index is 0.286. The van der Waals surface area contributed by atoms with Crippen molar-refractivity contribution < 1.29 is 23.5 Å². The first-order valence-corrected chi connectivity index (χ1v) is 10.5. The molecule has 0 aromatic heterocycles. The summed E-state index contributed by atoms with van der Waals surface area (Å²) in [6.07, 6.45) is 1.26. The van der Waals surface area contributed by atoms with Crippen LogP contribution in [0.4, 0.5) is 14.0 Å². The van der Waals surface area contributed by atoms with E-state index in [1.54, 1.807) is 11.0 Å². The molecule has 30 heavy (non-hydrogen) atoms. The van der Waals surface area contributed by atoms with Crippen molar-refractivity contribution in [3.63, 3.8) is 0 Å². The summed E-state index contributed by atoms with van der Waals surface area (Å²) in [6.45, 7) is 12.0. The van der Waals surface area contributed by atoms with Gasteiger partial charge in [0.15, 0.2) is 0 Å². The Morgan fingerprint density at radius 2 is 1.67 bits per heavy atom. The van der Waals surface area contributed by atoms with Crippen LogP contribution in [0.2, 0.25) is 0 Å². The maximum Gasteiger partial charge on any atom is 0.410 e. The van der Waals surface area contributed by atoms with Crippen LogP contribution in [0.15, 0.2) is 18.2 Å². The number of nitrogens with one attached hydrogen (secondary N) is 1. The Morgan fingerprint density at radius 1 is 1.07 bits per heavy atom. The van der Waals surface area contributed by atoms with Crippen LogP contribution in [-0.4, -0.2) is 41.4 Å². The van der Waals surface area contributed by atoms with Gasteiger partial charge in [0.1, 0.15) is 17.0 Å². The molecule has 3 rings (SSSR count). The lowest BCUT2D eigenvalue weighted by molar-refractivity contribution is 0.00332. The van der Waals surface area contributed by atoms with Crippen molar-refractivity contribution in [1.29, 1.82) is 0 Å². The van der Waals surface area contributed by atoms with Gasteiger partial charge in [-0.25, -0.2) is 14.0 Å². The maximum atomic E-state index is 14.0. The zero-order valence-corrected chi connectivity index (χ0v) is 18.8. The van der Waals surface area contributed by atoms with Gasteiger partial charge in [0.25, 0.3) is 0 Å². The van der Waals surface area contributed by atoms with Gasteiger partial charge in [0.05, 0.1) is 6.04 Å². The van der Waals surface area contributed by atoms with Gasteiger partial charge < -0.3 is 19.7 Å². The van der Waals surface area contributed by atoms with E-state index in [2.05, 4.69) is 5.32 Å². The van der Waals surface area contributed by atoms with Crippen molar-refractivity contribution in [3.8, 4) is 0 Å². The van der Waals surface area contributed by atoms with E-state index in [1.165, 1.54) is 12.1 Å². The van der Waals surface area contributed by atoms with Gasteiger partial charge >= 0.3 is 12.2 Å². The fraction of sp³-hybridized carbons (Fsp3) is 0.652. The van der Waals surface area contributed by atoms with Crippen LogP contribution in [0, 0.1) is 11.2 Å². The Kier molecular flexibility index (Phi) is 5.78. The number of hydrogen-bond acceptors (Lipinski definition) is 4. The highest BCUT2D eigenvalue weighted by Gasteiger charge is 2.49. The van der Waals surface area contributed by atoms with Gasteiger partial charge in [-0.05, 0) is 84.1 Å². The van der Waals surface area contributed by atoms with E-state index in [0.717, 1.165) is 17.5 Å². The molecular formula is C23H33FN2O4. The lowest BCUT2D eigenvalue weighted by atomic mass is 9.73. The Bertz CT molecular complexity index is 817. The standard InChI is InChI=1S/C23H33FN2O4/c1-21(2,3)29-19(27)25-18-17-13-16(24)8-7-15(17)14-23(18)9-11-26(12-10-23)20(28)30-22(4,5)6/h7-8,13,18H,9-12,14H2,1-6H3,(H,25,27)/t18-/m1/s1. The lowest BCUT2D eigenvalue weighted by Crippen LogP contribution is -2.49. The third-order valence-corrected chi connectivity index (χ3v) is 5.65. The number of piperidine rings is 1. The molecule has 7 heteroatoms. The van der Waals surface area contributed by atoms with Gasteiger partial charge in [-0.15, -0.1) is 0 Å². The Balaban J connectivity index is 1.79. The normalized spacial score (nSPS) is 20.6. The van der Waals surface area contributed by atoms with E-state index in [4.69, 9.17) is 9.47 Å². The Hall–Kier alpha value is -2.31. The first-order valence-electron chi connectivity index (χ1n) is 10.5. The van der Waals surface area contributed by atoms with Crippen LogP contribution in [0.25, 0.3) is 0 Å². The highest BCUT2D eigenvalue weighted by Crippen LogP contribution is 2.52. The molecule has 166 valence electrons. The van der Waals surface area contributed by atoms with Crippen LogP contribution in [0.5, 0.6) is 0 Å². The number of likely N-dealkylation sites (tertiary alicyclic amines) is 1. The fourth-order valence-corrected chi connectivity index (χ4v) is 4.39. The summed E-state index contributed by atoms with van der Waals surface area (Å²) < 4.78 is 25.0. The number of nitrogens with zero attached hydrogens (tertiary/aromatic N) is 1. The van der Waals surface area contributed by atoms with Gasteiger partial charge in [0.2, 0.25) is 0 Å². The average Bonchev–Trinajstić information content (AvgIpc) is 2.85. The van der Waals surface area contributed by atoms with Crippen LogP contribution in [0.3, 0.4) is 0 Å². The zero-order valence-electron chi connectivity index (χ0n) is 18.8. The second kappa shape index (κ2) is 7.75. The minimum atomic E-state index is -0.624. The lowest BCUT2D eigenvalue weighted by Gasteiger charge is -2.43. The highest BCUT2D eigenvalue weighted by molar-refractivity contribution is 5.70. The molecule has 1 aliphatic carbocycles. The van der Waals surface area contributed by atoms with E-state index in [0.29, 0.717) is 25.9 Å². The molecule has 6 nitrogen and oxygen atoms in total. The molecule has 1 atom stereocenters. The molecule has 1 saturated heterocycles. The van der Waals surface area contributed by atoms with Crippen LogP contribution in [-0.2, 0) is 15.9 Å². The van der Waals surface area contributed by atoms with E-state index in [9.17, 15) is 14.0 Å². The minimum Gasteiger partial charge on any atom is -0.444 e. The van der Waals surface area contributed by atoms with E-state index < -0.39 is 17.3 Å². The van der Waals surface area contributed by atoms with E-state index in [1.807, 2.05) is 41.5 Å². The second-order valence-corrected chi connectivity index (χ2v) is 10.4.